The third kappa shape index (κ3) is 5.04. The van der Waals surface area contributed by atoms with E-state index in [2.05, 4.69) is 10.3 Å². The van der Waals surface area contributed by atoms with Crippen LogP contribution in [0.25, 0.3) is 11.1 Å². The molecule has 9 nitrogen and oxygen atoms in total. The van der Waals surface area contributed by atoms with Crippen molar-refractivity contribution >= 4 is 32.6 Å². The number of rotatable bonds is 6. The maximum Gasteiger partial charge on any atom is 0.414 e. The summed E-state index contributed by atoms with van der Waals surface area (Å²) in [7, 11) is -4.29. The lowest BCUT2D eigenvalue weighted by molar-refractivity contribution is -0.119. The summed E-state index contributed by atoms with van der Waals surface area (Å²) >= 11 is 0. The molecule has 11 heteroatoms. The number of halogens is 1. The van der Waals surface area contributed by atoms with Crippen LogP contribution in [-0.4, -0.2) is 49.7 Å². The largest absolute Gasteiger partial charge is 0.442 e. The van der Waals surface area contributed by atoms with Gasteiger partial charge in [-0.2, -0.15) is 0 Å². The molecule has 0 bridgehead atoms. The summed E-state index contributed by atoms with van der Waals surface area (Å²) in [4.78, 5) is 40.5. The number of nitrogens with one attached hydrogen (secondary N) is 1. The fourth-order valence-electron chi connectivity index (χ4n) is 3.57. The highest BCUT2D eigenvalue weighted by Crippen LogP contribution is 2.30. The summed E-state index contributed by atoms with van der Waals surface area (Å²) in [6, 6.07) is 12.1. The average Bonchev–Trinajstić information content (AvgIpc) is 3.23. The average molecular weight is 498 g/mol. The molecule has 1 aliphatic heterocycles. The number of anilines is 1. The number of pyridine rings is 1. The van der Waals surface area contributed by atoms with Crippen LogP contribution < -0.4 is 10.2 Å². The number of sulfone groups is 1. The Hall–Kier alpha value is -4.12. The highest BCUT2D eigenvalue weighted by molar-refractivity contribution is 8.06. The minimum atomic E-state index is -4.29. The standard InChI is InChI=1S/C24H20FN3O6S/c1-15(29)27-13-19-14-28(24(31)34-19)18-4-7-21(22(25)12-18)16-2-5-20(6-3-16)35(32,33)23(30)17-8-10-26-11-9-17/h2-12,19H,13-14H2,1H3,(H,27,29)/t19-/m0/s1. The third-order valence-electron chi connectivity index (χ3n) is 5.35. The molecule has 1 aromatic heterocycles. The summed E-state index contributed by atoms with van der Waals surface area (Å²) in [5.41, 5.74) is 0.839. The van der Waals surface area contributed by atoms with Crippen LogP contribution in [-0.2, 0) is 19.4 Å². The van der Waals surface area contributed by atoms with Crippen LogP contribution in [0.5, 0.6) is 0 Å². The molecule has 4 rings (SSSR count). The zero-order valence-corrected chi connectivity index (χ0v) is 19.3. The molecule has 1 N–H and O–H groups in total. The van der Waals surface area contributed by atoms with E-state index < -0.39 is 33.0 Å². The Labute approximate surface area is 200 Å². The molecule has 0 saturated carbocycles. The molecule has 2 aromatic carbocycles. The van der Waals surface area contributed by atoms with Gasteiger partial charge in [-0.25, -0.2) is 17.6 Å². The molecule has 1 fully saturated rings. The lowest BCUT2D eigenvalue weighted by atomic mass is 10.0. The van der Waals surface area contributed by atoms with Gasteiger partial charge < -0.3 is 10.1 Å². The normalized spacial score (nSPS) is 15.5. The second-order valence-electron chi connectivity index (χ2n) is 7.77. The molecule has 0 unspecified atom stereocenters. The SMILES string of the molecule is CC(=O)NC[C@H]1CN(c2ccc(-c3ccc(S(=O)(=O)C(=O)c4ccncc4)cc3)c(F)c2)C(=O)O1. The monoisotopic (exact) mass is 497 g/mol. The number of carbonyl (C=O) groups excluding carboxylic acids is 3. The zero-order chi connectivity index (χ0) is 25.2. The van der Waals surface area contributed by atoms with Crippen LogP contribution >= 0.6 is 0 Å². The lowest BCUT2D eigenvalue weighted by Crippen LogP contribution is -2.33. The second-order valence-corrected chi connectivity index (χ2v) is 9.62. The number of cyclic esters (lactones) is 1. The van der Waals surface area contributed by atoms with Crippen molar-refractivity contribution in [2.45, 2.75) is 17.9 Å². The molecule has 1 aliphatic rings. The Morgan fingerprint density at radius 2 is 1.80 bits per heavy atom. The molecule has 35 heavy (non-hydrogen) atoms. The molecular weight excluding hydrogens is 477 g/mol. The molecule has 2 heterocycles. The van der Waals surface area contributed by atoms with E-state index >= 15 is 0 Å². The van der Waals surface area contributed by atoms with E-state index in [1.54, 1.807) is 0 Å². The predicted octanol–water partition coefficient (Wildman–Crippen LogP) is 2.96. The highest BCUT2D eigenvalue weighted by Gasteiger charge is 2.33. The highest BCUT2D eigenvalue weighted by atomic mass is 32.2. The minimum absolute atomic E-state index is 0.00883. The van der Waals surface area contributed by atoms with Crippen molar-refractivity contribution in [3.63, 3.8) is 0 Å². The molecule has 2 amide bonds. The Bertz CT molecular complexity index is 1390. The van der Waals surface area contributed by atoms with Gasteiger partial charge in [0, 0.05) is 30.4 Å². The van der Waals surface area contributed by atoms with Gasteiger partial charge in [0.05, 0.1) is 23.7 Å². The number of amides is 2. The van der Waals surface area contributed by atoms with Crippen molar-refractivity contribution in [1.82, 2.24) is 10.3 Å². The molecular formula is C24H20FN3O6S. The first-order valence-corrected chi connectivity index (χ1v) is 12.0. The molecule has 0 aliphatic carbocycles. The van der Waals surface area contributed by atoms with Crippen LogP contribution in [0, 0.1) is 5.82 Å². The molecule has 1 atom stereocenters. The Morgan fingerprint density at radius 3 is 2.43 bits per heavy atom. The first-order valence-electron chi connectivity index (χ1n) is 10.5. The fraction of sp³-hybridized carbons (Fsp3) is 0.167. The van der Waals surface area contributed by atoms with Crippen LogP contribution in [0.3, 0.4) is 0 Å². The van der Waals surface area contributed by atoms with Crippen LogP contribution in [0.1, 0.15) is 17.3 Å². The summed E-state index contributed by atoms with van der Waals surface area (Å²) < 4.78 is 45.5. The smallest absolute Gasteiger partial charge is 0.414 e. The maximum absolute atomic E-state index is 14.9. The maximum atomic E-state index is 14.9. The van der Waals surface area contributed by atoms with E-state index in [4.69, 9.17) is 4.74 Å². The van der Waals surface area contributed by atoms with E-state index in [9.17, 15) is 27.2 Å². The molecule has 0 radical (unpaired) electrons. The van der Waals surface area contributed by atoms with Crippen LogP contribution in [0.2, 0.25) is 0 Å². The summed E-state index contributed by atoms with van der Waals surface area (Å²) in [6.07, 6.45) is 1.44. The second kappa shape index (κ2) is 9.63. The van der Waals surface area contributed by atoms with Crippen molar-refractivity contribution in [2.24, 2.45) is 0 Å². The quantitative estimate of drug-likeness (QED) is 0.555. The third-order valence-corrected chi connectivity index (χ3v) is 6.97. The van der Waals surface area contributed by atoms with Gasteiger partial charge in [0.1, 0.15) is 11.9 Å². The fourth-order valence-corrected chi connectivity index (χ4v) is 4.72. The Kier molecular flexibility index (Phi) is 6.61. The van der Waals surface area contributed by atoms with Crippen molar-refractivity contribution in [2.75, 3.05) is 18.0 Å². The number of aromatic nitrogens is 1. The summed E-state index contributed by atoms with van der Waals surface area (Å²) in [6.45, 7) is 1.65. The number of ether oxygens (including phenoxy) is 1. The lowest BCUT2D eigenvalue weighted by Gasteiger charge is -2.14. The number of benzene rings is 2. The molecule has 3 aromatic rings. The first kappa shape index (κ1) is 24.0. The van der Waals surface area contributed by atoms with Gasteiger partial charge in [0.15, 0.2) is 0 Å². The van der Waals surface area contributed by atoms with Crippen molar-refractivity contribution < 1.29 is 31.9 Å². The topological polar surface area (TPSA) is 123 Å². The number of hydrogen-bond donors (Lipinski definition) is 1. The zero-order valence-electron chi connectivity index (χ0n) is 18.5. The summed E-state index contributed by atoms with van der Waals surface area (Å²) in [5, 5.41) is 1.51. The Morgan fingerprint density at radius 1 is 1.11 bits per heavy atom. The minimum Gasteiger partial charge on any atom is -0.442 e. The van der Waals surface area contributed by atoms with E-state index in [0.29, 0.717) is 5.56 Å². The number of carbonyl (C=O) groups is 3. The molecule has 180 valence electrons. The molecule has 1 saturated heterocycles. The number of nitrogens with zero attached hydrogens (tertiary/aromatic N) is 2. The Balaban J connectivity index is 1.52. The van der Waals surface area contributed by atoms with E-state index in [1.807, 2.05) is 0 Å². The first-order chi connectivity index (χ1) is 16.7. The molecule has 0 spiro atoms. The van der Waals surface area contributed by atoms with Gasteiger partial charge in [-0.05, 0) is 48.0 Å². The predicted molar refractivity (Wildman–Crippen MR) is 124 cm³/mol. The van der Waals surface area contributed by atoms with Crippen molar-refractivity contribution in [3.8, 4) is 11.1 Å². The van der Waals surface area contributed by atoms with Gasteiger partial charge in [0.25, 0.3) is 5.12 Å². The van der Waals surface area contributed by atoms with E-state index in [0.717, 1.165) is 0 Å². The number of hydrogen-bond acceptors (Lipinski definition) is 7. The van der Waals surface area contributed by atoms with Crippen LogP contribution in [0.15, 0.2) is 71.9 Å². The summed E-state index contributed by atoms with van der Waals surface area (Å²) in [5.74, 6) is -0.889. The van der Waals surface area contributed by atoms with Crippen molar-refractivity contribution in [1.29, 1.82) is 0 Å². The van der Waals surface area contributed by atoms with Crippen LogP contribution in [0.4, 0.5) is 14.9 Å². The van der Waals surface area contributed by atoms with Gasteiger partial charge in [-0.1, -0.05) is 12.1 Å². The van der Waals surface area contributed by atoms with E-state index in [1.165, 1.54) is 78.8 Å². The van der Waals surface area contributed by atoms with Gasteiger partial charge in [0.2, 0.25) is 15.7 Å². The van der Waals surface area contributed by atoms with Gasteiger partial charge in [-0.15, -0.1) is 0 Å². The van der Waals surface area contributed by atoms with Crippen molar-refractivity contribution in [3.05, 3.63) is 78.4 Å². The van der Waals surface area contributed by atoms with Gasteiger partial charge >= 0.3 is 6.09 Å². The van der Waals surface area contributed by atoms with Gasteiger partial charge in [-0.3, -0.25) is 19.5 Å². The van der Waals surface area contributed by atoms with E-state index in [-0.39, 0.29) is 40.7 Å².